The molecule has 6 heteroatoms. The maximum absolute atomic E-state index is 12.3. The molecule has 134 valence electrons. The molecule has 0 aliphatic carbocycles. The first kappa shape index (κ1) is 18.1. The molecular formula is C20H19ClN2O3. The number of Topliss-reactive ketones (excluding diaryl/α,β-unsaturated/α-hetero) is 1. The van der Waals surface area contributed by atoms with Crippen LogP contribution in [0.1, 0.15) is 22.3 Å². The summed E-state index contributed by atoms with van der Waals surface area (Å²) < 4.78 is 0. The van der Waals surface area contributed by atoms with E-state index in [1.165, 1.54) is 0 Å². The summed E-state index contributed by atoms with van der Waals surface area (Å²) in [5.74, 6) is -0.968. The normalized spacial score (nSPS) is 16.6. The van der Waals surface area contributed by atoms with Crippen molar-refractivity contribution in [2.75, 3.05) is 13.1 Å². The highest BCUT2D eigenvalue weighted by atomic mass is 35.5. The van der Waals surface area contributed by atoms with Crippen LogP contribution in [0, 0.1) is 5.92 Å². The first-order chi connectivity index (χ1) is 12.5. The van der Waals surface area contributed by atoms with E-state index < -0.39 is 5.92 Å². The summed E-state index contributed by atoms with van der Waals surface area (Å²) in [6.07, 6.45) is 0.171. The highest BCUT2D eigenvalue weighted by molar-refractivity contribution is 6.31. The van der Waals surface area contributed by atoms with E-state index >= 15 is 0 Å². The van der Waals surface area contributed by atoms with Crippen molar-refractivity contribution in [3.05, 3.63) is 70.7 Å². The van der Waals surface area contributed by atoms with Crippen molar-refractivity contribution in [1.82, 2.24) is 10.2 Å². The lowest BCUT2D eigenvalue weighted by Crippen LogP contribution is -2.36. The number of likely N-dealkylation sites (tertiary alicyclic amines) is 1. The number of hydrogen-bond donors (Lipinski definition) is 1. The smallest absolute Gasteiger partial charge is 0.225 e. The largest absolute Gasteiger partial charge is 0.348 e. The lowest BCUT2D eigenvalue weighted by Gasteiger charge is -2.16. The monoisotopic (exact) mass is 370 g/mol. The van der Waals surface area contributed by atoms with Gasteiger partial charge in [0.2, 0.25) is 11.8 Å². The van der Waals surface area contributed by atoms with Gasteiger partial charge in [0.25, 0.3) is 0 Å². The standard InChI is InChI=1S/C20H19ClN2O3/c21-17-8-4-7-15(9-17)18(24)11-22-20(26)16-10-19(25)23(13-16)12-14-5-2-1-3-6-14/h1-9,16H,10-13H2,(H,22,26). The first-order valence-electron chi connectivity index (χ1n) is 8.41. The molecule has 0 bridgehead atoms. The van der Waals surface area contributed by atoms with Crippen LogP contribution in [0.25, 0.3) is 0 Å². The molecule has 1 aliphatic rings. The third-order valence-electron chi connectivity index (χ3n) is 4.37. The Morgan fingerprint density at radius 3 is 2.62 bits per heavy atom. The Balaban J connectivity index is 1.52. The zero-order valence-electron chi connectivity index (χ0n) is 14.2. The van der Waals surface area contributed by atoms with Gasteiger partial charge < -0.3 is 10.2 Å². The molecule has 1 atom stereocenters. The average molecular weight is 371 g/mol. The predicted molar refractivity (Wildman–Crippen MR) is 98.8 cm³/mol. The van der Waals surface area contributed by atoms with E-state index in [4.69, 9.17) is 11.6 Å². The Morgan fingerprint density at radius 1 is 1.12 bits per heavy atom. The Hall–Kier alpha value is -2.66. The van der Waals surface area contributed by atoms with Gasteiger partial charge in [-0.1, -0.05) is 54.1 Å². The molecule has 1 saturated heterocycles. The minimum absolute atomic E-state index is 0.0461. The summed E-state index contributed by atoms with van der Waals surface area (Å²) in [5.41, 5.74) is 1.48. The fraction of sp³-hybridized carbons (Fsp3) is 0.250. The second-order valence-electron chi connectivity index (χ2n) is 6.31. The van der Waals surface area contributed by atoms with E-state index in [1.807, 2.05) is 30.3 Å². The minimum atomic E-state index is -0.432. The van der Waals surface area contributed by atoms with Crippen LogP contribution in [0.15, 0.2) is 54.6 Å². The number of carbonyl (C=O) groups is 3. The van der Waals surface area contributed by atoms with Gasteiger partial charge in [0.05, 0.1) is 12.5 Å². The van der Waals surface area contributed by atoms with Crippen molar-refractivity contribution in [1.29, 1.82) is 0 Å². The zero-order chi connectivity index (χ0) is 18.5. The molecule has 3 rings (SSSR count). The molecule has 1 aliphatic heterocycles. The van der Waals surface area contributed by atoms with Gasteiger partial charge in [0, 0.05) is 30.1 Å². The number of halogens is 1. The predicted octanol–water partition coefficient (Wildman–Crippen LogP) is 2.69. The van der Waals surface area contributed by atoms with E-state index in [1.54, 1.807) is 29.2 Å². The van der Waals surface area contributed by atoms with Crippen molar-refractivity contribution < 1.29 is 14.4 Å². The summed E-state index contributed by atoms with van der Waals surface area (Å²) in [6, 6.07) is 16.2. The fourth-order valence-corrected chi connectivity index (χ4v) is 3.17. The van der Waals surface area contributed by atoms with Crippen LogP contribution >= 0.6 is 11.6 Å². The van der Waals surface area contributed by atoms with Gasteiger partial charge >= 0.3 is 0 Å². The zero-order valence-corrected chi connectivity index (χ0v) is 14.9. The Kier molecular flexibility index (Phi) is 5.68. The third-order valence-corrected chi connectivity index (χ3v) is 4.61. The number of rotatable bonds is 6. The van der Waals surface area contributed by atoms with Crippen molar-refractivity contribution in [3.8, 4) is 0 Å². The fourth-order valence-electron chi connectivity index (χ4n) is 2.98. The number of hydrogen-bond acceptors (Lipinski definition) is 3. The molecule has 2 aromatic carbocycles. The first-order valence-corrected chi connectivity index (χ1v) is 8.79. The number of ketones is 1. The highest BCUT2D eigenvalue weighted by Crippen LogP contribution is 2.20. The highest BCUT2D eigenvalue weighted by Gasteiger charge is 2.34. The summed E-state index contributed by atoms with van der Waals surface area (Å²) in [4.78, 5) is 38.3. The molecule has 0 aromatic heterocycles. The number of carbonyl (C=O) groups excluding carboxylic acids is 3. The molecule has 5 nitrogen and oxygen atoms in total. The van der Waals surface area contributed by atoms with E-state index in [9.17, 15) is 14.4 Å². The lowest BCUT2D eigenvalue weighted by atomic mass is 10.1. The molecule has 1 heterocycles. The summed E-state index contributed by atoms with van der Waals surface area (Å²) in [7, 11) is 0. The van der Waals surface area contributed by atoms with Crippen LogP contribution in [-0.2, 0) is 16.1 Å². The Labute approximate surface area is 156 Å². The minimum Gasteiger partial charge on any atom is -0.348 e. The SMILES string of the molecule is O=C(CNC(=O)C1CC(=O)N(Cc2ccccc2)C1)c1cccc(Cl)c1. The number of amides is 2. The molecule has 0 saturated carbocycles. The van der Waals surface area contributed by atoms with Crippen LogP contribution in [0.5, 0.6) is 0 Å². The number of benzene rings is 2. The van der Waals surface area contributed by atoms with Gasteiger partial charge in [-0.2, -0.15) is 0 Å². The Bertz CT molecular complexity index is 823. The lowest BCUT2D eigenvalue weighted by molar-refractivity contribution is -0.129. The van der Waals surface area contributed by atoms with E-state index in [-0.39, 0.29) is 30.6 Å². The Morgan fingerprint density at radius 2 is 1.88 bits per heavy atom. The molecular weight excluding hydrogens is 352 g/mol. The summed E-state index contributed by atoms with van der Waals surface area (Å²) in [6.45, 7) is 0.748. The van der Waals surface area contributed by atoms with Crippen LogP contribution in [0.2, 0.25) is 5.02 Å². The molecule has 2 amide bonds. The van der Waals surface area contributed by atoms with Crippen molar-refractivity contribution >= 4 is 29.2 Å². The van der Waals surface area contributed by atoms with E-state index in [2.05, 4.69) is 5.32 Å². The summed E-state index contributed by atoms with van der Waals surface area (Å²) in [5, 5.41) is 3.11. The van der Waals surface area contributed by atoms with E-state index in [0.29, 0.717) is 23.7 Å². The van der Waals surface area contributed by atoms with Gasteiger partial charge in [-0.15, -0.1) is 0 Å². The average Bonchev–Trinajstić information content (AvgIpc) is 3.01. The molecule has 0 spiro atoms. The maximum atomic E-state index is 12.3. The quantitative estimate of drug-likeness (QED) is 0.795. The number of nitrogens with one attached hydrogen (secondary N) is 1. The van der Waals surface area contributed by atoms with Crippen molar-refractivity contribution in [2.45, 2.75) is 13.0 Å². The van der Waals surface area contributed by atoms with Crippen molar-refractivity contribution in [2.24, 2.45) is 5.92 Å². The van der Waals surface area contributed by atoms with Gasteiger partial charge in [-0.3, -0.25) is 14.4 Å². The van der Waals surface area contributed by atoms with Gasteiger partial charge in [0.1, 0.15) is 0 Å². The van der Waals surface area contributed by atoms with Crippen LogP contribution in [0.3, 0.4) is 0 Å². The molecule has 1 unspecified atom stereocenters. The topological polar surface area (TPSA) is 66.5 Å². The molecule has 1 N–H and O–H groups in total. The maximum Gasteiger partial charge on any atom is 0.225 e. The number of nitrogens with zero attached hydrogens (tertiary/aromatic N) is 1. The summed E-state index contributed by atoms with van der Waals surface area (Å²) >= 11 is 5.87. The van der Waals surface area contributed by atoms with Gasteiger partial charge in [-0.25, -0.2) is 0 Å². The van der Waals surface area contributed by atoms with Crippen molar-refractivity contribution in [3.63, 3.8) is 0 Å². The second-order valence-corrected chi connectivity index (χ2v) is 6.75. The molecule has 1 fully saturated rings. The van der Waals surface area contributed by atoms with Crippen LogP contribution < -0.4 is 5.32 Å². The molecule has 0 radical (unpaired) electrons. The van der Waals surface area contributed by atoms with Gasteiger partial charge in [-0.05, 0) is 17.7 Å². The second kappa shape index (κ2) is 8.15. The molecule has 26 heavy (non-hydrogen) atoms. The van der Waals surface area contributed by atoms with E-state index in [0.717, 1.165) is 5.56 Å². The van der Waals surface area contributed by atoms with Crippen LogP contribution in [0.4, 0.5) is 0 Å². The molecule has 2 aromatic rings. The van der Waals surface area contributed by atoms with Crippen LogP contribution in [-0.4, -0.2) is 35.6 Å². The third kappa shape index (κ3) is 4.49. The van der Waals surface area contributed by atoms with Gasteiger partial charge in [0.15, 0.2) is 5.78 Å².